The fourth-order valence-corrected chi connectivity index (χ4v) is 1.54. The molecule has 0 heterocycles. The van der Waals surface area contributed by atoms with Gasteiger partial charge in [-0.05, 0) is 12.8 Å². The third-order valence-corrected chi connectivity index (χ3v) is 2.22. The Bertz CT molecular complexity index is 258. The number of allylic oxidation sites excluding steroid dienone is 2. The molecule has 0 aliphatic heterocycles. The van der Waals surface area contributed by atoms with E-state index in [-0.39, 0.29) is 17.3 Å². The van der Waals surface area contributed by atoms with Crippen LogP contribution in [0.1, 0.15) is 25.7 Å². The second-order valence-corrected chi connectivity index (χ2v) is 2.97. The standard InChI is InChI=1S/C9H10N2O/c10-5-8(6-11)9(12)7-3-1-2-4-7/h7,12H,1-4H2. The van der Waals surface area contributed by atoms with Gasteiger partial charge in [0.05, 0.1) is 0 Å². The average Bonchev–Trinajstić information content (AvgIpc) is 2.58. The minimum Gasteiger partial charge on any atom is -0.510 e. The van der Waals surface area contributed by atoms with Crippen molar-refractivity contribution in [3.05, 3.63) is 11.3 Å². The van der Waals surface area contributed by atoms with Crippen LogP contribution in [0, 0.1) is 28.6 Å². The number of nitrogens with zero attached hydrogens (tertiary/aromatic N) is 2. The van der Waals surface area contributed by atoms with E-state index in [1.54, 1.807) is 12.1 Å². The average molecular weight is 162 g/mol. The predicted molar refractivity (Wildman–Crippen MR) is 42.8 cm³/mol. The fraction of sp³-hybridized carbons (Fsp3) is 0.556. The Balaban J connectivity index is 2.81. The molecule has 0 spiro atoms. The van der Waals surface area contributed by atoms with Crippen molar-refractivity contribution in [2.75, 3.05) is 0 Å². The van der Waals surface area contributed by atoms with E-state index in [2.05, 4.69) is 0 Å². The zero-order valence-electron chi connectivity index (χ0n) is 6.75. The van der Waals surface area contributed by atoms with Gasteiger partial charge in [-0.2, -0.15) is 10.5 Å². The maximum absolute atomic E-state index is 9.44. The molecule has 1 aliphatic rings. The van der Waals surface area contributed by atoms with Gasteiger partial charge in [-0.15, -0.1) is 0 Å². The van der Waals surface area contributed by atoms with Gasteiger partial charge < -0.3 is 5.11 Å². The van der Waals surface area contributed by atoms with E-state index in [1.807, 2.05) is 0 Å². The Hall–Kier alpha value is -1.48. The molecule has 0 radical (unpaired) electrons. The number of aliphatic hydroxyl groups excluding tert-OH is 1. The summed E-state index contributed by atoms with van der Waals surface area (Å²) < 4.78 is 0. The molecule has 1 aliphatic carbocycles. The Kier molecular flexibility index (Phi) is 2.71. The van der Waals surface area contributed by atoms with Gasteiger partial charge in [0.1, 0.15) is 17.9 Å². The lowest BCUT2D eigenvalue weighted by molar-refractivity contribution is 0.329. The van der Waals surface area contributed by atoms with Gasteiger partial charge in [-0.1, -0.05) is 12.8 Å². The number of hydrogen-bond acceptors (Lipinski definition) is 3. The Labute approximate surface area is 71.5 Å². The van der Waals surface area contributed by atoms with Crippen LogP contribution in [0.2, 0.25) is 0 Å². The van der Waals surface area contributed by atoms with Crippen molar-refractivity contribution in [3.8, 4) is 12.1 Å². The smallest absolute Gasteiger partial charge is 0.167 e. The highest BCUT2D eigenvalue weighted by Gasteiger charge is 2.21. The second kappa shape index (κ2) is 3.78. The zero-order chi connectivity index (χ0) is 8.97. The summed E-state index contributed by atoms with van der Waals surface area (Å²) in [4.78, 5) is 0. The Morgan fingerprint density at radius 3 is 2.08 bits per heavy atom. The minimum absolute atomic E-state index is 0.00231. The van der Waals surface area contributed by atoms with E-state index in [1.165, 1.54) is 0 Å². The van der Waals surface area contributed by atoms with Gasteiger partial charge in [-0.3, -0.25) is 0 Å². The van der Waals surface area contributed by atoms with Gasteiger partial charge in [0.25, 0.3) is 0 Å². The molecule has 62 valence electrons. The van der Waals surface area contributed by atoms with Crippen LogP contribution in [-0.4, -0.2) is 5.11 Å². The van der Waals surface area contributed by atoms with Crippen molar-refractivity contribution >= 4 is 0 Å². The quantitative estimate of drug-likeness (QED) is 0.473. The molecule has 0 unspecified atom stereocenters. The molecule has 0 bridgehead atoms. The molecule has 3 nitrogen and oxygen atoms in total. The summed E-state index contributed by atoms with van der Waals surface area (Å²) in [7, 11) is 0. The number of rotatable bonds is 1. The molecule has 0 atom stereocenters. The molecule has 0 aromatic rings. The molecule has 1 fully saturated rings. The van der Waals surface area contributed by atoms with Crippen molar-refractivity contribution in [2.45, 2.75) is 25.7 Å². The van der Waals surface area contributed by atoms with Crippen molar-refractivity contribution in [2.24, 2.45) is 5.92 Å². The highest BCUT2D eigenvalue weighted by Crippen LogP contribution is 2.30. The first-order valence-electron chi connectivity index (χ1n) is 4.03. The van der Waals surface area contributed by atoms with Crippen LogP contribution in [0.15, 0.2) is 11.3 Å². The molecule has 1 rings (SSSR count). The van der Waals surface area contributed by atoms with Crippen molar-refractivity contribution in [1.29, 1.82) is 10.5 Å². The number of aliphatic hydroxyl groups is 1. The maximum Gasteiger partial charge on any atom is 0.167 e. The van der Waals surface area contributed by atoms with Crippen LogP contribution in [0.5, 0.6) is 0 Å². The summed E-state index contributed by atoms with van der Waals surface area (Å²) in [5.41, 5.74) is -0.123. The zero-order valence-corrected chi connectivity index (χ0v) is 6.75. The second-order valence-electron chi connectivity index (χ2n) is 2.97. The van der Waals surface area contributed by atoms with E-state index in [4.69, 9.17) is 10.5 Å². The number of nitriles is 2. The first kappa shape index (κ1) is 8.62. The lowest BCUT2D eigenvalue weighted by Crippen LogP contribution is -2.00. The molecule has 12 heavy (non-hydrogen) atoms. The topological polar surface area (TPSA) is 67.8 Å². The van der Waals surface area contributed by atoms with Crippen LogP contribution >= 0.6 is 0 Å². The Morgan fingerprint density at radius 2 is 1.67 bits per heavy atom. The lowest BCUT2D eigenvalue weighted by atomic mass is 10.0. The van der Waals surface area contributed by atoms with Gasteiger partial charge in [-0.25, -0.2) is 0 Å². The molecule has 0 amide bonds. The summed E-state index contributed by atoms with van der Waals surface area (Å²) in [5.74, 6) is 0.0526. The highest BCUT2D eigenvalue weighted by molar-refractivity contribution is 5.38. The normalized spacial score (nSPS) is 16.5. The highest BCUT2D eigenvalue weighted by atomic mass is 16.3. The molecule has 1 saturated carbocycles. The lowest BCUT2D eigenvalue weighted by Gasteiger charge is -2.06. The summed E-state index contributed by atoms with van der Waals surface area (Å²) in [6.07, 6.45) is 3.97. The molecular weight excluding hydrogens is 152 g/mol. The summed E-state index contributed by atoms with van der Waals surface area (Å²) in [6, 6.07) is 3.39. The molecule has 0 saturated heterocycles. The third kappa shape index (κ3) is 1.57. The SMILES string of the molecule is N#CC(C#N)=C(O)C1CCCC1. The van der Waals surface area contributed by atoms with Crippen molar-refractivity contribution < 1.29 is 5.11 Å². The van der Waals surface area contributed by atoms with E-state index < -0.39 is 0 Å². The van der Waals surface area contributed by atoms with Crippen LogP contribution < -0.4 is 0 Å². The van der Waals surface area contributed by atoms with E-state index in [0.717, 1.165) is 25.7 Å². The molecule has 1 N–H and O–H groups in total. The van der Waals surface area contributed by atoms with E-state index in [9.17, 15) is 5.11 Å². The van der Waals surface area contributed by atoms with Crippen LogP contribution in [-0.2, 0) is 0 Å². The minimum atomic E-state index is -0.123. The van der Waals surface area contributed by atoms with E-state index >= 15 is 0 Å². The van der Waals surface area contributed by atoms with Crippen LogP contribution in [0.4, 0.5) is 0 Å². The molecule has 0 aromatic carbocycles. The molecule has 3 heteroatoms. The molecule has 0 aromatic heterocycles. The maximum atomic E-state index is 9.44. The van der Waals surface area contributed by atoms with Gasteiger partial charge in [0.15, 0.2) is 5.57 Å². The van der Waals surface area contributed by atoms with Crippen LogP contribution in [0.3, 0.4) is 0 Å². The van der Waals surface area contributed by atoms with Crippen molar-refractivity contribution in [1.82, 2.24) is 0 Å². The van der Waals surface area contributed by atoms with E-state index in [0.29, 0.717) is 0 Å². The first-order valence-corrected chi connectivity index (χ1v) is 4.03. The summed E-state index contributed by atoms with van der Waals surface area (Å²) in [6.45, 7) is 0. The largest absolute Gasteiger partial charge is 0.510 e. The van der Waals surface area contributed by atoms with Gasteiger partial charge >= 0.3 is 0 Å². The first-order chi connectivity index (χ1) is 5.79. The molecular formula is C9H10N2O. The van der Waals surface area contributed by atoms with Crippen molar-refractivity contribution in [3.63, 3.8) is 0 Å². The fourth-order valence-electron chi connectivity index (χ4n) is 1.54. The van der Waals surface area contributed by atoms with Gasteiger partial charge in [0, 0.05) is 5.92 Å². The third-order valence-electron chi connectivity index (χ3n) is 2.22. The number of hydrogen-bond donors (Lipinski definition) is 1. The summed E-state index contributed by atoms with van der Waals surface area (Å²) in [5, 5.41) is 26.4. The predicted octanol–water partition coefficient (Wildman–Crippen LogP) is 2.04. The van der Waals surface area contributed by atoms with Gasteiger partial charge in [0.2, 0.25) is 0 Å². The summed E-state index contributed by atoms with van der Waals surface area (Å²) >= 11 is 0. The Morgan fingerprint density at radius 1 is 1.17 bits per heavy atom. The monoisotopic (exact) mass is 162 g/mol. The van der Waals surface area contributed by atoms with Crippen LogP contribution in [0.25, 0.3) is 0 Å².